The molecule has 0 heterocycles. The number of rotatable bonds is 13. The van der Waals surface area contributed by atoms with Crippen LogP contribution in [0.5, 0.6) is 0 Å². The van der Waals surface area contributed by atoms with E-state index in [2.05, 4.69) is 115 Å². The Morgan fingerprint density at radius 3 is 2.41 bits per heavy atom. The monoisotopic (exact) mass is 488 g/mol. The molecule has 0 bridgehead atoms. The predicted octanol–water partition coefficient (Wildman–Crippen LogP) is 11.0. The minimum atomic E-state index is 0.804. The summed E-state index contributed by atoms with van der Waals surface area (Å²) in [6.07, 6.45) is 14.2. The zero-order chi connectivity index (χ0) is 26.9. The van der Waals surface area contributed by atoms with Gasteiger partial charge in [-0.15, -0.1) is 0 Å². The molecule has 37 heavy (non-hydrogen) atoms. The van der Waals surface area contributed by atoms with Crippen molar-refractivity contribution in [3.8, 4) is 0 Å². The molecule has 3 rings (SSSR count). The molecule has 0 aliphatic heterocycles. The van der Waals surface area contributed by atoms with Crippen LogP contribution >= 0.6 is 0 Å². The second-order valence-corrected chi connectivity index (χ2v) is 10.5. The van der Waals surface area contributed by atoms with Gasteiger partial charge in [0.2, 0.25) is 0 Å². The van der Waals surface area contributed by atoms with Crippen molar-refractivity contribution in [3.05, 3.63) is 137 Å². The van der Waals surface area contributed by atoms with Gasteiger partial charge in [-0.05, 0) is 113 Å². The van der Waals surface area contributed by atoms with E-state index in [1.165, 1.54) is 69.4 Å². The summed E-state index contributed by atoms with van der Waals surface area (Å²) in [5.41, 5.74) is 14.8. The van der Waals surface area contributed by atoms with Crippen LogP contribution in [0.4, 0.5) is 0 Å². The number of unbranched alkanes of at least 4 members (excludes halogenated alkanes) is 2. The summed E-state index contributed by atoms with van der Waals surface area (Å²) in [6, 6.07) is 15.5. The van der Waals surface area contributed by atoms with Gasteiger partial charge in [-0.25, -0.2) is 0 Å². The lowest BCUT2D eigenvalue weighted by molar-refractivity contribution is 0.735. The van der Waals surface area contributed by atoms with Crippen molar-refractivity contribution in [2.24, 2.45) is 0 Å². The van der Waals surface area contributed by atoms with Gasteiger partial charge in [0.1, 0.15) is 0 Å². The molecular weight excluding hydrogens is 444 g/mol. The van der Waals surface area contributed by atoms with Crippen molar-refractivity contribution >= 4 is 16.7 Å². The highest BCUT2D eigenvalue weighted by molar-refractivity contribution is 5.77. The van der Waals surface area contributed by atoms with Gasteiger partial charge in [-0.1, -0.05) is 113 Å². The van der Waals surface area contributed by atoms with Gasteiger partial charge in [-0.3, -0.25) is 0 Å². The molecule has 1 aliphatic rings. The highest BCUT2D eigenvalue weighted by atomic mass is 14.2. The van der Waals surface area contributed by atoms with Crippen LogP contribution in [-0.2, 0) is 6.42 Å². The third kappa shape index (κ3) is 7.56. The Balaban J connectivity index is 1.73. The standard InChI is InChI=1S/C37H44/c1-9-11-12-14-28(6)37-25-35(19-17-29(37)7)34-20-18-32(23-34)24-36(26(3)4)30(8)21-31-15-13-16-33(22-31)27(5)10-2/h13,15-20,22,24-25H,3,5-6,8-12,14,21,23H2,1-2,4,7H3/b36-24-. The van der Waals surface area contributed by atoms with Gasteiger partial charge in [0.15, 0.2) is 0 Å². The molecular formula is C37H44. The molecule has 0 amide bonds. The molecule has 0 saturated heterocycles. The van der Waals surface area contributed by atoms with E-state index in [4.69, 9.17) is 0 Å². The van der Waals surface area contributed by atoms with E-state index < -0.39 is 0 Å². The van der Waals surface area contributed by atoms with E-state index in [-0.39, 0.29) is 0 Å². The topological polar surface area (TPSA) is 0 Å². The summed E-state index contributed by atoms with van der Waals surface area (Å²) in [6.45, 7) is 26.0. The van der Waals surface area contributed by atoms with Gasteiger partial charge in [0.05, 0.1) is 0 Å². The van der Waals surface area contributed by atoms with Gasteiger partial charge >= 0.3 is 0 Å². The second-order valence-electron chi connectivity index (χ2n) is 10.5. The summed E-state index contributed by atoms with van der Waals surface area (Å²) in [4.78, 5) is 0. The fourth-order valence-electron chi connectivity index (χ4n) is 4.93. The maximum Gasteiger partial charge on any atom is -0.00196 e. The van der Waals surface area contributed by atoms with Crippen LogP contribution in [0.2, 0.25) is 0 Å². The predicted molar refractivity (Wildman–Crippen MR) is 167 cm³/mol. The first-order chi connectivity index (χ1) is 17.7. The molecule has 0 saturated carbocycles. The molecule has 192 valence electrons. The Hall–Kier alpha value is -3.38. The van der Waals surface area contributed by atoms with Crippen LogP contribution in [0, 0.1) is 6.92 Å². The average Bonchev–Trinajstić information content (AvgIpc) is 3.35. The molecule has 2 aromatic rings. The SMILES string of the molecule is C=C(C)/C(=C/C1=CC=C(c2ccc(C)c(C(=C)CCCCC)c2)C1)C(=C)Cc1cccc(C(=C)CC)c1. The normalized spacial score (nSPS) is 13.2. The lowest BCUT2D eigenvalue weighted by Crippen LogP contribution is -1.97. The van der Waals surface area contributed by atoms with E-state index >= 15 is 0 Å². The zero-order valence-electron chi connectivity index (χ0n) is 23.6. The molecule has 0 heteroatoms. The van der Waals surface area contributed by atoms with Gasteiger partial charge < -0.3 is 0 Å². The number of benzene rings is 2. The molecule has 0 nitrogen and oxygen atoms in total. The molecule has 2 aromatic carbocycles. The van der Waals surface area contributed by atoms with Crippen LogP contribution in [0.15, 0.2) is 109 Å². The fourth-order valence-corrected chi connectivity index (χ4v) is 4.93. The number of allylic oxidation sites excluding steroid dienone is 10. The quantitative estimate of drug-likeness (QED) is 0.194. The molecule has 0 radical (unpaired) electrons. The third-order valence-electron chi connectivity index (χ3n) is 7.31. The average molecular weight is 489 g/mol. The first-order valence-corrected chi connectivity index (χ1v) is 13.7. The number of hydrogen-bond acceptors (Lipinski definition) is 0. The Labute approximate surface area is 226 Å². The zero-order valence-corrected chi connectivity index (χ0v) is 23.6. The molecule has 0 spiro atoms. The Kier molecular flexibility index (Phi) is 10.1. The Morgan fingerprint density at radius 1 is 0.919 bits per heavy atom. The van der Waals surface area contributed by atoms with Crippen LogP contribution in [0.1, 0.15) is 87.1 Å². The maximum atomic E-state index is 4.45. The highest BCUT2D eigenvalue weighted by Gasteiger charge is 2.14. The van der Waals surface area contributed by atoms with Gasteiger partial charge in [-0.2, -0.15) is 0 Å². The van der Waals surface area contributed by atoms with Crippen molar-refractivity contribution in [3.63, 3.8) is 0 Å². The van der Waals surface area contributed by atoms with E-state index in [9.17, 15) is 0 Å². The largest absolute Gasteiger partial charge is 0.0955 e. The summed E-state index contributed by atoms with van der Waals surface area (Å²) in [7, 11) is 0. The maximum absolute atomic E-state index is 4.45. The Morgan fingerprint density at radius 2 is 1.70 bits per heavy atom. The first-order valence-electron chi connectivity index (χ1n) is 13.7. The van der Waals surface area contributed by atoms with Crippen LogP contribution in [-0.4, -0.2) is 0 Å². The van der Waals surface area contributed by atoms with Gasteiger partial charge in [0.25, 0.3) is 0 Å². The summed E-state index contributed by atoms with van der Waals surface area (Å²) < 4.78 is 0. The highest BCUT2D eigenvalue weighted by Crippen LogP contribution is 2.34. The summed E-state index contributed by atoms with van der Waals surface area (Å²) in [5, 5.41) is 0. The minimum Gasteiger partial charge on any atom is -0.0955 e. The van der Waals surface area contributed by atoms with E-state index in [1.807, 2.05) is 0 Å². The van der Waals surface area contributed by atoms with Crippen molar-refractivity contribution in [2.45, 2.75) is 72.6 Å². The van der Waals surface area contributed by atoms with E-state index in [0.717, 1.165) is 42.4 Å². The van der Waals surface area contributed by atoms with E-state index in [0.29, 0.717) is 0 Å². The van der Waals surface area contributed by atoms with Crippen LogP contribution in [0.25, 0.3) is 16.7 Å². The molecule has 1 aliphatic carbocycles. The van der Waals surface area contributed by atoms with Crippen molar-refractivity contribution < 1.29 is 0 Å². The summed E-state index contributed by atoms with van der Waals surface area (Å²) >= 11 is 0. The number of aryl methyl sites for hydroxylation is 1. The van der Waals surface area contributed by atoms with Crippen LogP contribution < -0.4 is 0 Å². The first kappa shape index (κ1) is 28.2. The molecule has 0 N–H and O–H groups in total. The minimum absolute atomic E-state index is 0.804. The van der Waals surface area contributed by atoms with Crippen molar-refractivity contribution in [1.29, 1.82) is 0 Å². The van der Waals surface area contributed by atoms with Gasteiger partial charge in [0, 0.05) is 0 Å². The van der Waals surface area contributed by atoms with Crippen molar-refractivity contribution in [1.82, 2.24) is 0 Å². The lowest BCUT2D eigenvalue weighted by atomic mass is 9.90. The smallest absolute Gasteiger partial charge is 0.00196 e. The number of hydrogen-bond donors (Lipinski definition) is 0. The van der Waals surface area contributed by atoms with Crippen LogP contribution in [0.3, 0.4) is 0 Å². The molecule has 0 atom stereocenters. The third-order valence-corrected chi connectivity index (χ3v) is 7.31. The lowest BCUT2D eigenvalue weighted by Gasteiger charge is -2.14. The van der Waals surface area contributed by atoms with E-state index in [1.54, 1.807) is 0 Å². The molecule has 0 aromatic heterocycles. The molecule has 0 fully saturated rings. The molecule has 0 unspecified atom stereocenters. The van der Waals surface area contributed by atoms with Crippen molar-refractivity contribution in [2.75, 3.05) is 0 Å². The second kappa shape index (κ2) is 13.2. The fraction of sp³-hybridized carbons (Fsp3) is 0.297. The summed E-state index contributed by atoms with van der Waals surface area (Å²) in [5.74, 6) is 0. The Bertz CT molecular complexity index is 1290.